The lowest BCUT2D eigenvalue weighted by Crippen LogP contribution is -2.49. The van der Waals surface area contributed by atoms with Crippen molar-refractivity contribution in [3.8, 4) is 0 Å². The quantitative estimate of drug-likeness (QED) is 0.304. The first-order chi connectivity index (χ1) is 19.1. The summed E-state index contributed by atoms with van der Waals surface area (Å²) >= 11 is 0. The fourth-order valence-corrected chi connectivity index (χ4v) is 7.13. The molecule has 0 saturated heterocycles. The minimum Gasteiger partial charge on any atom is -0.465 e. The molecule has 9 nitrogen and oxygen atoms in total. The van der Waals surface area contributed by atoms with Crippen LogP contribution in [0.3, 0.4) is 0 Å². The molecule has 0 saturated carbocycles. The predicted molar refractivity (Wildman–Crippen MR) is 153 cm³/mol. The van der Waals surface area contributed by atoms with E-state index in [0.717, 1.165) is 43.2 Å². The highest BCUT2D eigenvalue weighted by molar-refractivity contribution is 7.89. The first kappa shape index (κ1) is 29.5. The zero-order valence-electron chi connectivity index (χ0n) is 23.5. The lowest BCUT2D eigenvalue weighted by molar-refractivity contribution is -0.144. The van der Waals surface area contributed by atoms with Crippen LogP contribution in [0, 0.1) is 26.7 Å². The van der Waals surface area contributed by atoms with Crippen molar-refractivity contribution in [2.24, 2.45) is 5.92 Å². The fourth-order valence-electron chi connectivity index (χ4n) is 5.49. The maximum atomic E-state index is 13.3. The monoisotopic (exact) mass is 566 g/mol. The molecule has 1 aliphatic carbocycles. The first-order valence-electron chi connectivity index (χ1n) is 13.7. The molecule has 3 aromatic rings. The number of carbonyl (C=O) groups is 2. The number of hydrogen-bond acceptors (Lipinski definition) is 6. The maximum absolute atomic E-state index is 13.3. The van der Waals surface area contributed by atoms with Crippen LogP contribution < -0.4 is 10.0 Å². The van der Waals surface area contributed by atoms with Crippen LogP contribution >= 0.6 is 0 Å². The topological polar surface area (TPSA) is 130 Å². The molecule has 40 heavy (non-hydrogen) atoms. The predicted octanol–water partition coefficient (Wildman–Crippen LogP) is 3.71. The van der Waals surface area contributed by atoms with Gasteiger partial charge in [0, 0.05) is 24.6 Å². The number of hydrogen-bond donors (Lipinski definition) is 3. The van der Waals surface area contributed by atoms with E-state index >= 15 is 0 Å². The Bertz CT molecular complexity index is 1460. The highest BCUT2D eigenvalue weighted by Crippen LogP contribution is 2.27. The summed E-state index contributed by atoms with van der Waals surface area (Å²) in [7, 11) is -4.06. The van der Waals surface area contributed by atoms with Crippen molar-refractivity contribution in [3.63, 3.8) is 0 Å². The second kappa shape index (κ2) is 12.8. The molecule has 4 rings (SSSR count). The minimum absolute atomic E-state index is 0.0796. The summed E-state index contributed by atoms with van der Waals surface area (Å²) in [6, 6.07) is 8.20. The van der Waals surface area contributed by atoms with E-state index in [9.17, 15) is 18.0 Å². The van der Waals surface area contributed by atoms with Crippen molar-refractivity contribution in [2.45, 2.75) is 70.7 Å². The number of nitrogens with one attached hydrogen (secondary N) is 3. The molecule has 0 aliphatic heterocycles. The van der Waals surface area contributed by atoms with Gasteiger partial charge in [-0.15, -0.1) is 0 Å². The van der Waals surface area contributed by atoms with E-state index in [-0.39, 0.29) is 18.0 Å². The Hall–Kier alpha value is -3.50. The normalized spacial score (nSPS) is 15.8. The van der Waals surface area contributed by atoms with Gasteiger partial charge in [-0.05, 0) is 100 Å². The number of rotatable bonds is 11. The molecule has 0 fully saturated rings. The number of aryl methyl sites for hydroxylation is 5. The van der Waals surface area contributed by atoms with Crippen molar-refractivity contribution in [3.05, 3.63) is 81.9 Å². The van der Waals surface area contributed by atoms with Crippen molar-refractivity contribution in [1.29, 1.82) is 0 Å². The SMILES string of the molecule is CCOC(=O)[C@H](CNC(=O)c1cc(CCC2CCc3cccnc3C2)c[nH]1)NS(=O)(=O)c1c(C)cc(C)cc1C. The molecule has 1 amide bonds. The molecule has 0 spiro atoms. The Morgan fingerprint density at radius 3 is 2.65 bits per heavy atom. The molecule has 1 aliphatic rings. The molecular formula is C30H38N4O5S. The molecular weight excluding hydrogens is 528 g/mol. The van der Waals surface area contributed by atoms with E-state index < -0.39 is 27.9 Å². The summed E-state index contributed by atoms with van der Waals surface area (Å²) in [6.45, 7) is 6.77. The largest absolute Gasteiger partial charge is 0.465 e. The number of aromatic amines is 1. The molecule has 0 bridgehead atoms. The van der Waals surface area contributed by atoms with Gasteiger partial charge in [0.25, 0.3) is 5.91 Å². The van der Waals surface area contributed by atoms with E-state index in [1.54, 1.807) is 39.0 Å². The van der Waals surface area contributed by atoms with Gasteiger partial charge in [0.05, 0.1) is 11.5 Å². The van der Waals surface area contributed by atoms with Crippen LogP contribution in [0.4, 0.5) is 0 Å². The zero-order valence-corrected chi connectivity index (χ0v) is 24.4. The van der Waals surface area contributed by atoms with Crippen molar-refractivity contribution < 1.29 is 22.7 Å². The van der Waals surface area contributed by atoms with Crippen LogP contribution in [0.15, 0.2) is 47.6 Å². The molecule has 1 unspecified atom stereocenters. The van der Waals surface area contributed by atoms with Gasteiger partial charge < -0.3 is 15.0 Å². The third-order valence-electron chi connectivity index (χ3n) is 7.33. The summed E-state index contributed by atoms with van der Waals surface area (Å²) in [5, 5.41) is 2.67. The fraction of sp³-hybridized carbons (Fsp3) is 0.433. The number of sulfonamides is 1. The molecule has 2 aromatic heterocycles. The summed E-state index contributed by atoms with van der Waals surface area (Å²) in [5.74, 6) is -0.642. The van der Waals surface area contributed by atoms with E-state index in [0.29, 0.717) is 22.7 Å². The third-order valence-corrected chi connectivity index (χ3v) is 9.10. The molecule has 2 heterocycles. The minimum atomic E-state index is -4.06. The number of nitrogens with zero attached hydrogens (tertiary/aromatic N) is 1. The second-order valence-corrected chi connectivity index (χ2v) is 12.2. The van der Waals surface area contributed by atoms with Crippen LogP contribution in [0.5, 0.6) is 0 Å². The molecule has 3 N–H and O–H groups in total. The van der Waals surface area contributed by atoms with Crippen molar-refractivity contribution >= 4 is 21.9 Å². The molecule has 2 atom stereocenters. The number of ether oxygens (including phenoxy) is 1. The molecule has 10 heteroatoms. The molecule has 214 valence electrons. The average Bonchev–Trinajstić information content (AvgIpc) is 3.38. The number of pyridine rings is 1. The van der Waals surface area contributed by atoms with Crippen molar-refractivity contribution in [2.75, 3.05) is 13.2 Å². The number of fused-ring (bicyclic) bond motifs is 1. The number of amides is 1. The average molecular weight is 567 g/mol. The summed E-state index contributed by atoms with van der Waals surface area (Å²) in [6.07, 6.45) is 8.64. The van der Waals surface area contributed by atoms with E-state index in [1.165, 1.54) is 11.3 Å². The molecule has 1 aromatic carbocycles. The summed E-state index contributed by atoms with van der Waals surface area (Å²) < 4.78 is 34.0. The third kappa shape index (κ3) is 7.17. The number of benzene rings is 1. The van der Waals surface area contributed by atoms with Gasteiger partial charge in [-0.1, -0.05) is 23.8 Å². The number of aromatic nitrogens is 2. The van der Waals surface area contributed by atoms with Gasteiger partial charge in [0.2, 0.25) is 10.0 Å². The van der Waals surface area contributed by atoms with Gasteiger partial charge in [-0.25, -0.2) is 8.42 Å². The van der Waals surface area contributed by atoms with Gasteiger partial charge >= 0.3 is 5.97 Å². The molecule has 0 radical (unpaired) electrons. The standard InChI is InChI=1S/C30H38N4O5S/c1-5-39-30(36)27(34-40(37,38)28-20(3)13-19(2)14-21(28)4)18-33-29(35)26-16-23(17-32-26)9-8-22-10-11-24-7-6-12-31-25(24)15-22/h6-7,12-14,16-17,22,27,32,34H,5,8-11,15,18H2,1-4H3,(H,33,35)/t22?,27-/m0/s1. The Labute approximate surface area is 236 Å². The van der Waals surface area contributed by atoms with Gasteiger partial charge in [-0.2, -0.15) is 4.72 Å². The van der Waals surface area contributed by atoms with Crippen LogP contribution in [-0.4, -0.2) is 49.5 Å². The number of esters is 1. The van der Waals surface area contributed by atoms with Gasteiger partial charge in [0.15, 0.2) is 0 Å². The Balaban J connectivity index is 1.36. The van der Waals surface area contributed by atoms with E-state index in [1.807, 2.05) is 25.4 Å². The van der Waals surface area contributed by atoms with E-state index in [2.05, 4.69) is 26.1 Å². The lowest BCUT2D eigenvalue weighted by atomic mass is 9.84. The van der Waals surface area contributed by atoms with Crippen LogP contribution in [-0.2, 0) is 38.8 Å². The highest BCUT2D eigenvalue weighted by atomic mass is 32.2. The lowest BCUT2D eigenvalue weighted by Gasteiger charge is -2.23. The zero-order chi connectivity index (χ0) is 28.9. The van der Waals surface area contributed by atoms with E-state index in [4.69, 9.17) is 4.74 Å². The second-order valence-electron chi connectivity index (χ2n) is 10.5. The Morgan fingerprint density at radius 2 is 1.93 bits per heavy atom. The van der Waals surface area contributed by atoms with Crippen molar-refractivity contribution in [1.82, 2.24) is 20.0 Å². The first-order valence-corrected chi connectivity index (χ1v) is 15.2. The van der Waals surface area contributed by atoms with Crippen LogP contribution in [0.25, 0.3) is 0 Å². The number of H-pyrrole nitrogens is 1. The smallest absolute Gasteiger partial charge is 0.326 e. The van der Waals surface area contributed by atoms with Gasteiger partial charge in [0.1, 0.15) is 11.7 Å². The van der Waals surface area contributed by atoms with Crippen LogP contribution in [0.2, 0.25) is 0 Å². The van der Waals surface area contributed by atoms with Gasteiger partial charge in [-0.3, -0.25) is 14.6 Å². The van der Waals surface area contributed by atoms with Crippen LogP contribution in [0.1, 0.15) is 63.8 Å². The summed E-state index contributed by atoms with van der Waals surface area (Å²) in [5.41, 5.74) is 5.98. The maximum Gasteiger partial charge on any atom is 0.326 e. The number of carbonyl (C=O) groups excluding carboxylic acids is 2. The Kier molecular flexibility index (Phi) is 9.42. The Morgan fingerprint density at radius 1 is 1.18 bits per heavy atom. The highest BCUT2D eigenvalue weighted by Gasteiger charge is 2.30. The summed E-state index contributed by atoms with van der Waals surface area (Å²) in [4.78, 5) is 33.2.